The van der Waals surface area contributed by atoms with E-state index >= 15 is 0 Å². The Morgan fingerprint density at radius 1 is 1.27 bits per heavy atom. The number of aryl methyl sites for hydroxylation is 1. The number of aliphatic hydroxyl groups excluding tert-OH is 1. The predicted molar refractivity (Wildman–Crippen MR) is 83.0 cm³/mol. The first kappa shape index (κ1) is 15.2. The van der Waals surface area contributed by atoms with Crippen LogP contribution in [0.3, 0.4) is 0 Å². The molecule has 0 radical (unpaired) electrons. The summed E-state index contributed by atoms with van der Waals surface area (Å²) in [6.07, 6.45) is 3.16. The SMILES string of the molecule is Cn1nccc1C1CCN(C[C@H](O)c2ccccc2F)CC1. The average Bonchev–Trinajstić information content (AvgIpc) is 2.94. The lowest BCUT2D eigenvalue weighted by molar-refractivity contribution is 0.0941. The van der Waals surface area contributed by atoms with E-state index < -0.39 is 6.10 Å². The fraction of sp³-hybridized carbons (Fsp3) is 0.471. The van der Waals surface area contributed by atoms with Crippen LogP contribution in [0.2, 0.25) is 0 Å². The van der Waals surface area contributed by atoms with Crippen LogP contribution in [0.1, 0.15) is 36.1 Å². The molecule has 22 heavy (non-hydrogen) atoms. The molecule has 0 spiro atoms. The van der Waals surface area contributed by atoms with E-state index in [1.54, 1.807) is 18.2 Å². The van der Waals surface area contributed by atoms with Gasteiger partial charge in [0.15, 0.2) is 0 Å². The van der Waals surface area contributed by atoms with E-state index in [4.69, 9.17) is 0 Å². The molecule has 0 saturated carbocycles. The molecule has 0 unspecified atom stereocenters. The van der Waals surface area contributed by atoms with Crippen molar-refractivity contribution < 1.29 is 9.50 Å². The molecule has 1 N–H and O–H groups in total. The molecule has 1 aliphatic rings. The van der Waals surface area contributed by atoms with Crippen molar-refractivity contribution in [2.75, 3.05) is 19.6 Å². The second-order valence-electron chi connectivity index (χ2n) is 5.99. The minimum absolute atomic E-state index is 0.334. The molecule has 5 heteroatoms. The van der Waals surface area contributed by atoms with E-state index in [9.17, 15) is 9.50 Å². The van der Waals surface area contributed by atoms with E-state index in [0.29, 0.717) is 18.0 Å². The summed E-state index contributed by atoms with van der Waals surface area (Å²) in [5.41, 5.74) is 1.66. The highest BCUT2D eigenvalue weighted by atomic mass is 19.1. The van der Waals surface area contributed by atoms with Gasteiger partial charge in [-0.25, -0.2) is 4.39 Å². The van der Waals surface area contributed by atoms with Gasteiger partial charge in [0.25, 0.3) is 0 Å². The molecular weight excluding hydrogens is 281 g/mol. The Hall–Kier alpha value is -1.72. The maximum absolute atomic E-state index is 13.7. The van der Waals surface area contributed by atoms with Crippen LogP contribution in [-0.4, -0.2) is 39.4 Å². The number of aliphatic hydroxyl groups is 1. The Bertz CT molecular complexity index is 620. The molecule has 3 rings (SSSR count). The van der Waals surface area contributed by atoms with Crippen LogP contribution in [0.4, 0.5) is 4.39 Å². The van der Waals surface area contributed by atoms with Crippen LogP contribution in [0.15, 0.2) is 36.5 Å². The van der Waals surface area contributed by atoms with Crippen molar-refractivity contribution >= 4 is 0 Å². The van der Waals surface area contributed by atoms with Crippen LogP contribution in [-0.2, 0) is 7.05 Å². The topological polar surface area (TPSA) is 41.3 Å². The molecule has 1 aromatic heterocycles. The van der Waals surface area contributed by atoms with Gasteiger partial charge in [0.05, 0.1) is 6.10 Å². The quantitative estimate of drug-likeness (QED) is 0.943. The number of likely N-dealkylation sites (tertiary alicyclic amines) is 1. The summed E-state index contributed by atoms with van der Waals surface area (Å²) in [6, 6.07) is 8.53. The molecule has 1 fully saturated rings. The molecule has 0 bridgehead atoms. The molecule has 0 amide bonds. The Morgan fingerprint density at radius 3 is 2.64 bits per heavy atom. The largest absolute Gasteiger partial charge is 0.387 e. The number of nitrogens with zero attached hydrogens (tertiary/aromatic N) is 3. The molecule has 1 saturated heterocycles. The maximum Gasteiger partial charge on any atom is 0.129 e. The molecule has 0 aliphatic carbocycles. The first-order valence-corrected chi connectivity index (χ1v) is 7.78. The summed E-state index contributed by atoms with van der Waals surface area (Å²) in [7, 11) is 1.98. The zero-order valence-corrected chi connectivity index (χ0v) is 12.8. The molecule has 118 valence electrons. The minimum Gasteiger partial charge on any atom is -0.387 e. The monoisotopic (exact) mass is 303 g/mol. The van der Waals surface area contributed by atoms with Gasteiger partial charge in [-0.3, -0.25) is 4.68 Å². The zero-order valence-electron chi connectivity index (χ0n) is 12.8. The van der Waals surface area contributed by atoms with Gasteiger partial charge >= 0.3 is 0 Å². The second kappa shape index (κ2) is 6.58. The lowest BCUT2D eigenvalue weighted by atomic mass is 9.93. The minimum atomic E-state index is -0.769. The van der Waals surface area contributed by atoms with Crippen molar-refractivity contribution in [1.29, 1.82) is 0 Å². The standard InChI is InChI=1S/C17H22FN3O/c1-20-16(6-9-19-20)13-7-10-21(11-8-13)12-17(22)14-4-2-3-5-15(14)18/h2-6,9,13,17,22H,7-8,10-12H2,1H3/t17-/m0/s1. The normalized spacial score (nSPS) is 18.5. The third-order valence-corrected chi connectivity index (χ3v) is 4.56. The number of rotatable bonds is 4. The number of halogens is 1. The van der Waals surface area contributed by atoms with E-state index in [2.05, 4.69) is 16.1 Å². The van der Waals surface area contributed by atoms with Crippen molar-refractivity contribution in [3.05, 3.63) is 53.6 Å². The summed E-state index contributed by atoms with van der Waals surface area (Å²) in [5.74, 6) is 0.189. The molecule has 4 nitrogen and oxygen atoms in total. The fourth-order valence-electron chi connectivity index (χ4n) is 3.28. The smallest absolute Gasteiger partial charge is 0.129 e. The lowest BCUT2D eigenvalue weighted by Crippen LogP contribution is -2.36. The fourth-order valence-corrected chi connectivity index (χ4v) is 3.28. The first-order valence-electron chi connectivity index (χ1n) is 7.78. The van der Waals surface area contributed by atoms with Crippen LogP contribution >= 0.6 is 0 Å². The summed E-state index contributed by atoms with van der Waals surface area (Å²) in [5, 5.41) is 14.5. The molecule has 1 atom stereocenters. The van der Waals surface area contributed by atoms with Gasteiger partial charge in [0.2, 0.25) is 0 Å². The number of hydrogen-bond acceptors (Lipinski definition) is 3. The number of aromatic nitrogens is 2. The van der Waals surface area contributed by atoms with Gasteiger partial charge in [-0.1, -0.05) is 18.2 Å². The highest BCUT2D eigenvalue weighted by Crippen LogP contribution is 2.28. The van der Waals surface area contributed by atoms with Gasteiger partial charge < -0.3 is 10.0 Å². The van der Waals surface area contributed by atoms with Crippen molar-refractivity contribution in [2.24, 2.45) is 7.05 Å². The number of β-amino-alcohol motifs (C(OH)–C–C–N with tert-alkyl or cyclic N) is 1. The van der Waals surface area contributed by atoms with E-state index in [1.165, 1.54) is 11.8 Å². The third-order valence-electron chi connectivity index (χ3n) is 4.56. The summed E-state index contributed by atoms with van der Waals surface area (Å²) in [6.45, 7) is 2.32. The number of hydrogen-bond donors (Lipinski definition) is 1. The van der Waals surface area contributed by atoms with Gasteiger partial charge in [0, 0.05) is 37.0 Å². The predicted octanol–water partition coefficient (Wildman–Crippen LogP) is 2.47. The average molecular weight is 303 g/mol. The lowest BCUT2D eigenvalue weighted by Gasteiger charge is -2.33. The van der Waals surface area contributed by atoms with Gasteiger partial charge in [-0.2, -0.15) is 5.10 Å². The highest BCUT2D eigenvalue weighted by Gasteiger charge is 2.24. The molecular formula is C17H22FN3O. The van der Waals surface area contributed by atoms with Crippen LogP contribution in [0.25, 0.3) is 0 Å². The van der Waals surface area contributed by atoms with Crippen molar-refractivity contribution in [3.63, 3.8) is 0 Å². The van der Waals surface area contributed by atoms with E-state index in [-0.39, 0.29) is 5.82 Å². The number of benzene rings is 1. The van der Waals surface area contributed by atoms with Crippen molar-refractivity contribution in [2.45, 2.75) is 24.9 Å². The van der Waals surface area contributed by atoms with E-state index in [0.717, 1.165) is 25.9 Å². The van der Waals surface area contributed by atoms with Crippen molar-refractivity contribution in [1.82, 2.24) is 14.7 Å². The van der Waals surface area contributed by atoms with Crippen LogP contribution in [0.5, 0.6) is 0 Å². The molecule has 1 aromatic carbocycles. The van der Waals surface area contributed by atoms with Gasteiger partial charge in [-0.15, -0.1) is 0 Å². The summed E-state index contributed by atoms with van der Waals surface area (Å²) < 4.78 is 15.6. The number of piperidine rings is 1. The van der Waals surface area contributed by atoms with Gasteiger partial charge in [0.1, 0.15) is 5.82 Å². The summed E-state index contributed by atoms with van der Waals surface area (Å²) in [4.78, 5) is 2.21. The Kier molecular flexibility index (Phi) is 4.55. The molecule has 1 aliphatic heterocycles. The Labute approximate surface area is 130 Å². The molecule has 2 heterocycles. The van der Waals surface area contributed by atoms with Gasteiger partial charge in [-0.05, 0) is 38.1 Å². The molecule has 2 aromatic rings. The maximum atomic E-state index is 13.7. The third kappa shape index (κ3) is 3.20. The second-order valence-corrected chi connectivity index (χ2v) is 5.99. The Morgan fingerprint density at radius 2 is 2.00 bits per heavy atom. The van der Waals surface area contributed by atoms with Crippen molar-refractivity contribution in [3.8, 4) is 0 Å². The summed E-state index contributed by atoms with van der Waals surface area (Å²) >= 11 is 0. The van der Waals surface area contributed by atoms with E-state index in [1.807, 2.05) is 17.9 Å². The van der Waals surface area contributed by atoms with Crippen LogP contribution < -0.4 is 0 Å². The first-order chi connectivity index (χ1) is 10.6. The Balaban J connectivity index is 1.56. The highest BCUT2D eigenvalue weighted by molar-refractivity contribution is 5.20. The zero-order chi connectivity index (χ0) is 15.5. The van der Waals surface area contributed by atoms with Crippen LogP contribution in [0, 0.1) is 5.82 Å².